The molecular weight excluding hydrogens is 374 g/mol. The summed E-state index contributed by atoms with van der Waals surface area (Å²) >= 11 is 6.88. The standard InChI is InChI=1S/C14H13Br2NO2/c1-18-12-2-3-14(16)9(4-12)8-19-13-6-10(15)5-11(17)7-13/h2-7H,8,17H2,1H3. The van der Waals surface area contributed by atoms with Gasteiger partial charge in [-0.15, -0.1) is 0 Å². The second-order valence-corrected chi connectivity index (χ2v) is 5.74. The quantitative estimate of drug-likeness (QED) is 0.793. The summed E-state index contributed by atoms with van der Waals surface area (Å²) in [6.45, 7) is 0.438. The van der Waals surface area contributed by atoms with Gasteiger partial charge in [-0.1, -0.05) is 31.9 Å². The number of ether oxygens (including phenoxy) is 2. The molecular formula is C14H13Br2NO2. The van der Waals surface area contributed by atoms with Crippen molar-refractivity contribution in [3.05, 3.63) is 50.9 Å². The number of hydrogen-bond donors (Lipinski definition) is 1. The van der Waals surface area contributed by atoms with Gasteiger partial charge in [0.1, 0.15) is 18.1 Å². The predicted octanol–water partition coefficient (Wildman–Crippen LogP) is 4.38. The lowest BCUT2D eigenvalue weighted by molar-refractivity contribution is 0.304. The highest BCUT2D eigenvalue weighted by Gasteiger charge is 2.04. The Bertz CT molecular complexity index is 567. The van der Waals surface area contributed by atoms with E-state index in [1.54, 1.807) is 13.2 Å². The zero-order chi connectivity index (χ0) is 13.8. The van der Waals surface area contributed by atoms with Gasteiger partial charge in [0.15, 0.2) is 0 Å². The van der Waals surface area contributed by atoms with Crippen LogP contribution in [0.25, 0.3) is 0 Å². The molecule has 0 unspecified atom stereocenters. The molecule has 0 atom stereocenters. The Labute approximate surface area is 129 Å². The van der Waals surface area contributed by atoms with Crippen molar-refractivity contribution in [2.75, 3.05) is 12.8 Å². The molecule has 5 heteroatoms. The van der Waals surface area contributed by atoms with Crippen LogP contribution in [0.3, 0.4) is 0 Å². The van der Waals surface area contributed by atoms with Crippen LogP contribution in [0.1, 0.15) is 5.56 Å². The molecule has 2 aromatic rings. The molecule has 0 bridgehead atoms. The number of nitrogens with two attached hydrogens (primary N) is 1. The van der Waals surface area contributed by atoms with E-state index in [2.05, 4.69) is 31.9 Å². The van der Waals surface area contributed by atoms with E-state index in [0.29, 0.717) is 12.3 Å². The summed E-state index contributed by atoms with van der Waals surface area (Å²) in [4.78, 5) is 0. The second-order valence-electron chi connectivity index (χ2n) is 3.97. The number of hydrogen-bond acceptors (Lipinski definition) is 3. The van der Waals surface area contributed by atoms with Crippen LogP contribution in [-0.2, 0) is 6.61 Å². The van der Waals surface area contributed by atoms with E-state index < -0.39 is 0 Å². The van der Waals surface area contributed by atoms with Crippen LogP contribution >= 0.6 is 31.9 Å². The van der Waals surface area contributed by atoms with Gasteiger partial charge in [0.05, 0.1) is 7.11 Å². The predicted molar refractivity (Wildman–Crippen MR) is 83.6 cm³/mol. The van der Waals surface area contributed by atoms with Gasteiger partial charge in [-0.3, -0.25) is 0 Å². The Kier molecular flexibility index (Phi) is 4.71. The molecule has 2 rings (SSSR count). The van der Waals surface area contributed by atoms with Crippen LogP contribution in [-0.4, -0.2) is 7.11 Å². The Balaban J connectivity index is 2.13. The largest absolute Gasteiger partial charge is 0.497 e. The molecule has 3 nitrogen and oxygen atoms in total. The van der Waals surface area contributed by atoms with E-state index in [1.807, 2.05) is 30.3 Å². The molecule has 0 aliphatic carbocycles. The van der Waals surface area contributed by atoms with Crippen molar-refractivity contribution < 1.29 is 9.47 Å². The van der Waals surface area contributed by atoms with Crippen molar-refractivity contribution in [1.29, 1.82) is 0 Å². The topological polar surface area (TPSA) is 44.5 Å². The van der Waals surface area contributed by atoms with Gasteiger partial charge < -0.3 is 15.2 Å². The average Bonchev–Trinajstić information content (AvgIpc) is 2.37. The third-order valence-electron chi connectivity index (χ3n) is 2.54. The number of rotatable bonds is 4. The molecule has 0 spiro atoms. The van der Waals surface area contributed by atoms with Crippen molar-refractivity contribution in [3.8, 4) is 11.5 Å². The molecule has 0 radical (unpaired) electrons. The SMILES string of the molecule is COc1ccc(Br)c(COc2cc(N)cc(Br)c2)c1. The monoisotopic (exact) mass is 385 g/mol. The number of methoxy groups -OCH3 is 1. The Morgan fingerprint density at radius 1 is 1.05 bits per heavy atom. The lowest BCUT2D eigenvalue weighted by Gasteiger charge is -2.10. The van der Waals surface area contributed by atoms with E-state index >= 15 is 0 Å². The fourth-order valence-corrected chi connectivity index (χ4v) is 2.47. The summed E-state index contributed by atoms with van der Waals surface area (Å²) in [5, 5.41) is 0. The van der Waals surface area contributed by atoms with Crippen molar-refractivity contribution >= 4 is 37.5 Å². The zero-order valence-electron chi connectivity index (χ0n) is 10.3. The van der Waals surface area contributed by atoms with Crippen molar-refractivity contribution in [3.63, 3.8) is 0 Å². The fourth-order valence-electron chi connectivity index (χ4n) is 1.62. The number of nitrogen functional groups attached to an aromatic ring is 1. The minimum absolute atomic E-state index is 0.438. The lowest BCUT2D eigenvalue weighted by atomic mass is 10.2. The summed E-state index contributed by atoms with van der Waals surface area (Å²) in [7, 11) is 1.64. The van der Waals surface area contributed by atoms with E-state index in [-0.39, 0.29) is 0 Å². The molecule has 19 heavy (non-hydrogen) atoms. The molecule has 2 N–H and O–H groups in total. The molecule has 0 amide bonds. The summed E-state index contributed by atoms with van der Waals surface area (Å²) in [5.41, 5.74) is 7.44. The highest BCUT2D eigenvalue weighted by Crippen LogP contribution is 2.26. The van der Waals surface area contributed by atoms with E-state index in [4.69, 9.17) is 15.2 Å². The van der Waals surface area contributed by atoms with Gasteiger partial charge in [-0.05, 0) is 30.3 Å². The highest BCUT2D eigenvalue weighted by atomic mass is 79.9. The normalized spacial score (nSPS) is 10.3. The third kappa shape index (κ3) is 3.88. The van der Waals surface area contributed by atoms with Gasteiger partial charge in [-0.25, -0.2) is 0 Å². The Morgan fingerprint density at radius 3 is 2.53 bits per heavy atom. The maximum atomic E-state index is 5.76. The number of anilines is 1. The van der Waals surface area contributed by atoms with Crippen LogP contribution in [0.15, 0.2) is 45.3 Å². The number of halogens is 2. The van der Waals surface area contributed by atoms with Crippen LogP contribution in [0.2, 0.25) is 0 Å². The summed E-state index contributed by atoms with van der Waals surface area (Å²) < 4.78 is 12.8. The Morgan fingerprint density at radius 2 is 1.84 bits per heavy atom. The molecule has 0 saturated carbocycles. The number of benzene rings is 2. The van der Waals surface area contributed by atoms with Crippen molar-refractivity contribution in [2.45, 2.75) is 6.61 Å². The first-order valence-corrected chi connectivity index (χ1v) is 7.18. The molecule has 0 aromatic heterocycles. The van der Waals surface area contributed by atoms with Crippen molar-refractivity contribution in [1.82, 2.24) is 0 Å². The van der Waals surface area contributed by atoms with Crippen LogP contribution < -0.4 is 15.2 Å². The van der Waals surface area contributed by atoms with E-state index in [1.165, 1.54) is 0 Å². The van der Waals surface area contributed by atoms with E-state index in [9.17, 15) is 0 Å². The summed E-state index contributed by atoms with van der Waals surface area (Å²) in [5.74, 6) is 1.53. The first kappa shape index (κ1) is 14.2. The van der Waals surface area contributed by atoms with Crippen LogP contribution in [0.5, 0.6) is 11.5 Å². The van der Waals surface area contributed by atoms with Gasteiger partial charge in [-0.2, -0.15) is 0 Å². The van der Waals surface area contributed by atoms with Gasteiger partial charge >= 0.3 is 0 Å². The Hall–Kier alpha value is -1.20. The van der Waals surface area contributed by atoms with Gasteiger partial charge in [0, 0.05) is 26.3 Å². The first-order valence-electron chi connectivity index (χ1n) is 5.60. The minimum atomic E-state index is 0.438. The fraction of sp³-hybridized carbons (Fsp3) is 0.143. The van der Waals surface area contributed by atoms with Crippen LogP contribution in [0, 0.1) is 0 Å². The average molecular weight is 387 g/mol. The lowest BCUT2D eigenvalue weighted by Crippen LogP contribution is -1.98. The summed E-state index contributed by atoms with van der Waals surface area (Å²) in [6.07, 6.45) is 0. The second kappa shape index (κ2) is 6.30. The maximum Gasteiger partial charge on any atom is 0.122 e. The van der Waals surface area contributed by atoms with Crippen molar-refractivity contribution in [2.24, 2.45) is 0 Å². The molecule has 0 heterocycles. The molecule has 0 fully saturated rings. The highest BCUT2D eigenvalue weighted by molar-refractivity contribution is 9.10. The van der Waals surface area contributed by atoms with Crippen LogP contribution in [0.4, 0.5) is 5.69 Å². The first-order chi connectivity index (χ1) is 9.08. The smallest absolute Gasteiger partial charge is 0.122 e. The minimum Gasteiger partial charge on any atom is -0.497 e. The molecule has 0 aliphatic heterocycles. The van der Waals surface area contributed by atoms with Gasteiger partial charge in [0.25, 0.3) is 0 Å². The molecule has 2 aromatic carbocycles. The molecule has 100 valence electrons. The molecule has 0 saturated heterocycles. The zero-order valence-corrected chi connectivity index (χ0v) is 13.5. The summed E-state index contributed by atoms with van der Waals surface area (Å²) in [6, 6.07) is 11.3. The van der Waals surface area contributed by atoms with E-state index in [0.717, 1.165) is 26.0 Å². The maximum absolute atomic E-state index is 5.76. The third-order valence-corrected chi connectivity index (χ3v) is 3.77. The molecule has 0 aliphatic rings. The van der Waals surface area contributed by atoms with Gasteiger partial charge in [0.2, 0.25) is 0 Å².